The van der Waals surface area contributed by atoms with E-state index >= 15 is 0 Å². The summed E-state index contributed by atoms with van der Waals surface area (Å²) in [6.07, 6.45) is 0. The third kappa shape index (κ3) is 6940. The minimum absolute atomic E-state index is 0. The van der Waals surface area contributed by atoms with E-state index in [1.807, 2.05) is 0 Å². The summed E-state index contributed by atoms with van der Waals surface area (Å²) in [4.78, 5) is 0. The van der Waals surface area contributed by atoms with E-state index in [4.69, 9.17) is 5.26 Å². The van der Waals surface area contributed by atoms with Crippen LogP contribution < -0.4 is 0 Å². The fraction of sp³-hybridized carbons (Fsp3) is 0. The molecule has 4 heavy (non-hydrogen) atoms. The maximum Gasteiger partial charge on any atom is 0 e. The van der Waals surface area contributed by atoms with Crippen LogP contribution in [0.5, 0.6) is 0 Å². The Kier molecular flexibility index (Phi) is 27.3. The van der Waals surface area contributed by atoms with Crippen LogP contribution in [0.2, 0.25) is 0 Å². The zero-order chi connectivity index (χ0) is 2.71. The van der Waals surface area contributed by atoms with Crippen LogP contribution in [0, 0.1) is 18.3 Å². The maximum absolute atomic E-state index is 7.21. The predicted molar refractivity (Wildman–Crippen MR) is 11.0 cm³/mol. The summed E-state index contributed by atoms with van der Waals surface area (Å²) in [6.45, 7) is 2.79. The van der Waals surface area contributed by atoms with Gasteiger partial charge in [-0.1, -0.05) is 0 Å². The largest absolute Gasteiger partial charge is 0.305 e. The quantitative estimate of drug-likeness (QED) is 0.322. The average molecular weight is 105 g/mol. The Bertz CT molecular complexity index is 27.5. The van der Waals surface area contributed by atoms with E-state index in [1.165, 1.54) is 6.07 Å². The first-order valence-electron chi connectivity index (χ1n) is 0.577. The molecule has 0 heterocycles. The molecule has 0 aliphatic rings. The van der Waals surface area contributed by atoms with E-state index < -0.39 is 0 Å². The van der Waals surface area contributed by atoms with Crippen LogP contribution in [-0.2, 0) is 19.5 Å². The molecule has 0 aliphatic carbocycles. The van der Waals surface area contributed by atoms with Gasteiger partial charge in [-0.3, -0.25) is 0 Å². The SMILES string of the molecule is [CH2-]C#N.[Zn]. The van der Waals surface area contributed by atoms with Gasteiger partial charge in [0.05, 0.1) is 0 Å². The van der Waals surface area contributed by atoms with Gasteiger partial charge in [-0.15, -0.1) is 6.07 Å². The summed E-state index contributed by atoms with van der Waals surface area (Å²) in [5, 5.41) is 7.21. The van der Waals surface area contributed by atoms with Crippen molar-refractivity contribution in [2.24, 2.45) is 0 Å². The topological polar surface area (TPSA) is 23.8 Å². The minimum atomic E-state index is 0. The van der Waals surface area contributed by atoms with E-state index in [0.29, 0.717) is 0 Å². The van der Waals surface area contributed by atoms with Gasteiger partial charge in [0.1, 0.15) is 0 Å². The molecule has 0 spiro atoms. The molecule has 0 radical (unpaired) electrons. The first kappa shape index (κ1) is 9.01. The van der Waals surface area contributed by atoms with Crippen molar-refractivity contribution in [3.8, 4) is 6.07 Å². The molecule has 0 bridgehead atoms. The van der Waals surface area contributed by atoms with Crippen molar-refractivity contribution < 1.29 is 19.5 Å². The zero-order valence-corrected chi connectivity index (χ0v) is 5.33. The molecular weight excluding hydrogens is 103 g/mol. The summed E-state index contributed by atoms with van der Waals surface area (Å²) < 4.78 is 0. The van der Waals surface area contributed by atoms with Crippen LogP contribution in [0.3, 0.4) is 0 Å². The van der Waals surface area contributed by atoms with Crippen molar-refractivity contribution in [3.05, 3.63) is 6.92 Å². The molecule has 0 aromatic rings. The van der Waals surface area contributed by atoms with Crippen LogP contribution in [-0.4, -0.2) is 0 Å². The first-order chi connectivity index (χ1) is 1.41. The predicted octanol–water partition coefficient (Wildman–Crippen LogP) is 0.342. The van der Waals surface area contributed by atoms with Gasteiger partial charge in [0, 0.05) is 19.5 Å². The molecule has 0 saturated carbocycles. The molecule has 0 unspecified atom stereocenters. The summed E-state index contributed by atoms with van der Waals surface area (Å²) >= 11 is 0. The summed E-state index contributed by atoms with van der Waals surface area (Å²) in [5.74, 6) is 0. The van der Waals surface area contributed by atoms with Gasteiger partial charge in [-0.05, 0) is 0 Å². The van der Waals surface area contributed by atoms with Crippen molar-refractivity contribution in [1.29, 1.82) is 5.26 Å². The molecule has 0 fully saturated rings. The van der Waals surface area contributed by atoms with Crippen LogP contribution in [0.1, 0.15) is 0 Å². The molecular formula is C2H2NZn-. The van der Waals surface area contributed by atoms with E-state index in [0.717, 1.165) is 0 Å². The Labute approximate surface area is 38.4 Å². The summed E-state index contributed by atoms with van der Waals surface area (Å²) in [5.41, 5.74) is 0. The van der Waals surface area contributed by atoms with Crippen LogP contribution in [0.4, 0.5) is 0 Å². The third-order valence-electron chi connectivity index (χ3n) is 0. The van der Waals surface area contributed by atoms with Gasteiger partial charge in [0.2, 0.25) is 0 Å². The molecule has 0 N–H and O–H groups in total. The molecule has 18 valence electrons. The number of hydrogen-bond acceptors (Lipinski definition) is 1. The van der Waals surface area contributed by atoms with Gasteiger partial charge < -0.3 is 6.92 Å². The van der Waals surface area contributed by atoms with Crippen molar-refractivity contribution in [3.63, 3.8) is 0 Å². The number of hydrogen-bond donors (Lipinski definition) is 0. The molecule has 1 nitrogen and oxygen atoms in total. The Morgan fingerprint density at radius 3 is 1.75 bits per heavy atom. The molecule has 2 heteroatoms. The van der Waals surface area contributed by atoms with Gasteiger partial charge in [-0.25, -0.2) is 5.26 Å². The Balaban J connectivity index is 0. The number of nitrogens with zero attached hydrogens (tertiary/aromatic N) is 1. The van der Waals surface area contributed by atoms with E-state index in [2.05, 4.69) is 6.92 Å². The molecule has 0 aliphatic heterocycles. The van der Waals surface area contributed by atoms with Gasteiger partial charge >= 0.3 is 0 Å². The Morgan fingerprint density at radius 1 is 1.75 bits per heavy atom. The van der Waals surface area contributed by atoms with Crippen LogP contribution >= 0.6 is 0 Å². The zero-order valence-electron chi connectivity index (χ0n) is 2.36. The second kappa shape index (κ2) is 12.1. The molecule has 0 aromatic carbocycles. The van der Waals surface area contributed by atoms with Gasteiger partial charge in [-0.2, -0.15) is 0 Å². The van der Waals surface area contributed by atoms with Crippen molar-refractivity contribution >= 4 is 0 Å². The smallest absolute Gasteiger partial charge is 0 e. The maximum atomic E-state index is 7.21. The first-order valence-corrected chi connectivity index (χ1v) is 0.577. The fourth-order valence-corrected chi connectivity index (χ4v) is 0. The summed E-state index contributed by atoms with van der Waals surface area (Å²) in [7, 11) is 0. The van der Waals surface area contributed by atoms with Crippen LogP contribution in [0.25, 0.3) is 0 Å². The van der Waals surface area contributed by atoms with E-state index in [9.17, 15) is 0 Å². The van der Waals surface area contributed by atoms with Crippen molar-refractivity contribution in [1.82, 2.24) is 0 Å². The number of rotatable bonds is 0. The second-order valence-corrected chi connectivity index (χ2v) is 0.158. The van der Waals surface area contributed by atoms with Crippen molar-refractivity contribution in [2.75, 3.05) is 0 Å². The van der Waals surface area contributed by atoms with E-state index in [-0.39, 0.29) is 19.5 Å². The average Bonchev–Trinajstić information content (AvgIpc) is 0.918. The molecule has 0 amide bonds. The Hall–Kier alpha value is -0.0166. The monoisotopic (exact) mass is 104 g/mol. The number of nitriles is 1. The molecule has 0 saturated heterocycles. The Morgan fingerprint density at radius 2 is 1.75 bits per heavy atom. The minimum Gasteiger partial charge on any atom is -0.305 e. The fourth-order valence-electron chi connectivity index (χ4n) is 0. The standard InChI is InChI=1S/C2H2N.Zn/c1-2-3;/h1H2;/q-1;. The third-order valence-corrected chi connectivity index (χ3v) is 0. The molecule has 0 aromatic heterocycles. The second-order valence-electron chi connectivity index (χ2n) is 0.158. The van der Waals surface area contributed by atoms with Crippen molar-refractivity contribution in [2.45, 2.75) is 0 Å². The van der Waals surface area contributed by atoms with Crippen LogP contribution in [0.15, 0.2) is 0 Å². The normalized spacial score (nSPS) is 1.75. The summed E-state index contributed by atoms with van der Waals surface area (Å²) in [6, 6.07) is 1.50. The molecule has 0 atom stereocenters. The molecule has 0 rings (SSSR count). The van der Waals surface area contributed by atoms with Gasteiger partial charge in [0.15, 0.2) is 0 Å². The van der Waals surface area contributed by atoms with E-state index in [1.54, 1.807) is 0 Å². The van der Waals surface area contributed by atoms with Gasteiger partial charge in [0.25, 0.3) is 0 Å².